The highest BCUT2D eigenvalue weighted by Gasteiger charge is 2.53. The van der Waals surface area contributed by atoms with Crippen LogP contribution in [0.4, 0.5) is 4.79 Å². The molecule has 0 aromatic heterocycles. The summed E-state index contributed by atoms with van der Waals surface area (Å²) in [4.78, 5) is 13.2. The van der Waals surface area contributed by atoms with Crippen molar-refractivity contribution in [2.45, 2.75) is 38.1 Å². The van der Waals surface area contributed by atoms with Gasteiger partial charge in [0.2, 0.25) is 0 Å². The minimum Gasteiger partial charge on any atom is -0.443 e. The Kier molecular flexibility index (Phi) is 2.03. The van der Waals surface area contributed by atoms with Crippen LogP contribution in [0.25, 0.3) is 0 Å². The van der Waals surface area contributed by atoms with E-state index in [1.807, 2.05) is 13.8 Å². The SMILES string of the molecule is C=CC[C@H]1OC(=O)N2[C@H]1COC2(C)C. The van der Waals surface area contributed by atoms with Crippen LogP contribution in [0, 0.1) is 0 Å². The van der Waals surface area contributed by atoms with E-state index in [-0.39, 0.29) is 18.2 Å². The van der Waals surface area contributed by atoms with Gasteiger partial charge in [-0.05, 0) is 13.8 Å². The highest BCUT2D eigenvalue weighted by Crippen LogP contribution is 2.36. The Hall–Kier alpha value is -1.03. The first kappa shape index (κ1) is 9.52. The molecule has 2 saturated heterocycles. The van der Waals surface area contributed by atoms with Crippen molar-refractivity contribution in [3.8, 4) is 0 Å². The average Bonchev–Trinajstić information content (AvgIpc) is 2.55. The number of cyclic esters (lactones) is 1. The van der Waals surface area contributed by atoms with Crippen LogP contribution < -0.4 is 0 Å². The van der Waals surface area contributed by atoms with Gasteiger partial charge in [0.25, 0.3) is 0 Å². The van der Waals surface area contributed by atoms with Gasteiger partial charge in [-0.3, -0.25) is 4.90 Å². The zero-order valence-corrected chi connectivity index (χ0v) is 8.53. The highest BCUT2D eigenvalue weighted by molar-refractivity contribution is 5.72. The number of carbonyl (C=O) groups excluding carboxylic acids is 1. The third-order valence-corrected chi connectivity index (χ3v) is 2.80. The van der Waals surface area contributed by atoms with Gasteiger partial charge in [0, 0.05) is 6.42 Å². The molecule has 0 radical (unpaired) electrons. The molecular formula is C10H15NO3. The van der Waals surface area contributed by atoms with E-state index in [4.69, 9.17) is 9.47 Å². The molecule has 2 aliphatic heterocycles. The second-order valence-corrected chi connectivity index (χ2v) is 4.14. The van der Waals surface area contributed by atoms with Crippen molar-refractivity contribution in [2.75, 3.05) is 6.61 Å². The van der Waals surface area contributed by atoms with E-state index < -0.39 is 5.72 Å². The lowest BCUT2D eigenvalue weighted by molar-refractivity contribution is -0.0387. The van der Waals surface area contributed by atoms with Crippen molar-refractivity contribution in [1.29, 1.82) is 0 Å². The van der Waals surface area contributed by atoms with Gasteiger partial charge >= 0.3 is 6.09 Å². The summed E-state index contributed by atoms with van der Waals surface area (Å²) < 4.78 is 10.8. The van der Waals surface area contributed by atoms with Gasteiger partial charge < -0.3 is 9.47 Å². The summed E-state index contributed by atoms with van der Waals surface area (Å²) in [5, 5.41) is 0. The fourth-order valence-electron chi connectivity index (χ4n) is 2.10. The van der Waals surface area contributed by atoms with Gasteiger partial charge in [0.1, 0.15) is 11.8 Å². The zero-order valence-electron chi connectivity index (χ0n) is 8.53. The molecule has 0 spiro atoms. The normalized spacial score (nSPS) is 34.1. The molecule has 0 aliphatic carbocycles. The van der Waals surface area contributed by atoms with E-state index in [2.05, 4.69) is 6.58 Å². The topological polar surface area (TPSA) is 38.8 Å². The maximum atomic E-state index is 11.5. The van der Waals surface area contributed by atoms with Crippen LogP contribution in [0.5, 0.6) is 0 Å². The molecule has 2 fully saturated rings. The molecule has 0 saturated carbocycles. The van der Waals surface area contributed by atoms with Crippen molar-refractivity contribution >= 4 is 6.09 Å². The maximum absolute atomic E-state index is 11.5. The van der Waals surface area contributed by atoms with Crippen LogP contribution >= 0.6 is 0 Å². The third-order valence-electron chi connectivity index (χ3n) is 2.80. The first-order chi connectivity index (χ1) is 6.56. The number of rotatable bonds is 2. The van der Waals surface area contributed by atoms with E-state index >= 15 is 0 Å². The first-order valence-corrected chi connectivity index (χ1v) is 4.81. The Balaban J connectivity index is 2.20. The second kappa shape index (κ2) is 2.98. The van der Waals surface area contributed by atoms with Crippen molar-refractivity contribution in [3.05, 3.63) is 12.7 Å². The average molecular weight is 197 g/mol. The Morgan fingerprint density at radius 2 is 2.43 bits per heavy atom. The Bertz CT molecular complexity index is 275. The van der Waals surface area contributed by atoms with Crippen LogP contribution in [-0.2, 0) is 9.47 Å². The summed E-state index contributed by atoms with van der Waals surface area (Å²) in [6.07, 6.45) is 2.09. The number of fused-ring (bicyclic) bond motifs is 1. The van der Waals surface area contributed by atoms with Gasteiger partial charge in [-0.15, -0.1) is 6.58 Å². The van der Waals surface area contributed by atoms with Gasteiger partial charge in [-0.2, -0.15) is 0 Å². The van der Waals surface area contributed by atoms with E-state index in [0.717, 1.165) is 0 Å². The number of carbonyl (C=O) groups is 1. The van der Waals surface area contributed by atoms with E-state index in [9.17, 15) is 4.79 Å². The minimum atomic E-state index is -0.530. The molecule has 0 N–H and O–H groups in total. The lowest BCUT2D eigenvalue weighted by Gasteiger charge is -2.26. The van der Waals surface area contributed by atoms with Crippen LogP contribution in [0.2, 0.25) is 0 Å². The number of nitrogens with zero attached hydrogens (tertiary/aromatic N) is 1. The van der Waals surface area contributed by atoms with Crippen LogP contribution in [-0.4, -0.2) is 35.5 Å². The van der Waals surface area contributed by atoms with Crippen molar-refractivity contribution < 1.29 is 14.3 Å². The molecule has 0 aromatic carbocycles. The van der Waals surface area contributed by atoms with Gasteiger partial charge in [0.05, 0.1) is 12.6 Å². The van der Waals surface area contributed by atoms with Crippen molar-refractivity contribution in [1.82, 2.24) is 4.90 Å². The molecule has 2 heterocycles. The Morgan fingerprint density at radius 3 is 3.07 bits per heavy atom. The molecular weight excluding hydrogens is 182 g/mol. The number of hydrogen-bond donors (Lipinski definition) is 0. The summed E-state index contributed by atoms with van der Waals surface area (Å²) in [5.74, 6) is 0. The first-order valence-electron chi connectivity index (χ1n) is 4.81. The summed E-state index contributed by atoms with van der Waals surface area (Å²) in [6.45, 7) is 7.96. The maximum Gasteiger partial charge on any atom is 0.412 e. The predicted molar refractivity (Wildman–Crippen MR) is 50.7 cm³/mol. The number of hydrogen-bond acceptors (Lipinski definition) is 3. The fourth-order valence-corrected chi connectivity index (χ4v) is 2.10. The molecule has 0 bridgehead atoms. The van der Waals surface area contributed by atoms with Gasteiger partial charge in [-0.1, -0.05) is 6.08 Å². The molecule has 2 aliphatic rings. The standard InChI is InChI=1S/C10H15NO3/c1-4-5-8-7-6-13-10(2,3)11(7)9(12)14-8/h4,7-8H,1,5-6H2,2-3H3/t7-,8+/m0/s1. The lowest BCUT2D eigenvalue weighted by Crippen LogP contribution is -2.43. The Morgan fingerprint density at radius 1 is 1.71 bits per heavy atom. The molecule has 2 rings (SSSR count). The molecule has 0 unspecified atom stereocenters. The van der Waals surface area contributed by atoms with Gasteiger partial charge in [0.15, 0.2) is 0 Å². The highest BCUT2D eigenvalue weighted by atomic mass is 16.6. The van der Waals surface area contributed by atoms with E-state index in [1.165, 1.54) is 0 Å². The van der Waals surface area contributed by atoms with Crippen LogP contribution in [0.15, 0.2) is 12.7 Å². The van der Waals surface area contributed by atoms with Crippen molar-refractivity contribution in [2.24, 2.45) is 0 Å². The Labute approximate surface area is 83.5 Å². The summed E-state index contributed by atoms with van der Waals surface area (Å²) in [6, 6.07) is 0.0514. The van der Waals surface area contributed by atoms with Gasteiger partial charge in [-0.25, -0.2) is 4.79 Å². The molecule has 2 atom stereocenters. The third kappa shape index (κ3) is 1.21. The fraction of sp³-hybridized carbons (Fsp3) is 0.700. The van der Waals surface area contributed by atoms with E-state index in [0.29, 0.717) is 13.0 Å². The predicted octanol–water partition coefficient (Wildman–Crippen LogP) is 1.52. The quantitative estimate of drug-likeness (QED) is 0.630. The minimum absolute atomic E-state index is 0.0514. The molecule has 0 aromatic rings. The molecule has 78 valence electrons. The zero-order chi connectivity index (χ0) is 10.3. The van der Waals surface area contributed by atoms with E-state index in [1.54, 1.807) is 11.0 Å². The molecule has 4 nitrogen and oxygen atoms in total. The smallest absolute Gasteiger partial charge is 0.412 e. The lowest BCUT2D eigenvalue weighted by atomic mass is 10.1. The van der Waals surface area contributed by atoms with Crippen LogP contribution in [0.1, 0.15) is 20.3 Å². The molecule has 14 heavy (non-hydrogen) atoms. The second-order valence-electron chi connectivity index (χ2n) is 4.14. The summed E-state index contributed by atoms with van der Waals surface area (Å²) in [7, 11) is 0. The molecule has 1 amide bonds. The molecule has 4 heteroatoms. The number of amides is 1. The number of ether oxygens (including phenoxy) is 2. The summed E-state index contributed by atoms with van der Waals surface area (Å²) in [5.41, 5.74) is -0.530. The largest absolute Gasteiger partial charge is 0.443 e. The monoisotopic (exact) mass is 197 g/mol. The van der Waals surface area contributed by atoms with Crippen LogP contribution in [0.3, 0.4) is 0 Å². The summed E-state index contributed by atoms with van der Waals surface area (Å²) >= 11 is 0. The van der Waals surface area contributed by atoms with Crippen molar-refractivity contribution in [3.63, 3.8) is 0 Å².